The Morgan fingerprint density at radius 1 is 1.00 bits per heavy atom. The minimum atomic E-state index is -5.15. The van der Waals surface area contributed by atoms with E-state index in [4.69, 9.17) is 16.3 Å². The molecule has 8 heteroatoms. The molecule has 0 spiro atoms. The molecule has 0 aromatic heterocycles. The molecule has 0 aliphatic carbocycles. The first kappa shape index (κ1) is 23.3. The molecule has 4 nitrogen and oxygen atoms in total. The summed E-state index contributed by atoms with van der Waals surface area (Å²) in [5, 5.41) is 6.83. The van der Waals surface area contributed by atoms with Crippen LogP contribution in [-0.4, -0.2) is 18.0 Å². The topological polar surface area (TPSA) is 50.4 Å². The molecule has 1 aliphatic rings. The van der Waals surface area contributed by atoms with Gasteiger partial charge in [-0.3, -0.25) is 10.6 Å². The fourth-order valence-electron chi connectivity index (χ4n) is 4.33. The van der Waals surface area contributed by atoms with Crippen molar-refractivity contribution in [2.75, 3.05) is 0 Å². The molecule has 33 heavy (non-hydrogen) atoms. The number of rotatable bonds is 5. The van der Waals surface area contributed by atoms with E-state index in [1.807, 2.05) is 67.6 Å². The third-order valence-corrected chi connectivity index (χ3v) is 6.00. The lowest BCUT2D eigenvalue weighted by Gasteiger charge is -2.34. The number of carbonyl (C=O) groups is 1. The average Bonchev–Trinajstić information content (AvgIpc) is 3.07. The van der Waals surface area contributed by atoms with E-state index in [-0.39, 0.29) is 6.42 Å². The highest BCUT2D eigenvalue weighted by atomic mass is 35.5. The van der Waals surface area contributed by atoms with Crippen LogP contribution in [0.25, 0.3) is 0 Å². The maximum Gasteiger partial charge on any atom is 0.491 e. The zero-order valence-corrected chi connectivity index (χ0v) is 18.5. The lowest BCUT2D eigenvalue weighted by Crippen LogP contribution is -2.58. The second-order valence-electron chi connectivity index (χ2n) is 8.20. The van der Waals surface area contributed by atoms with Crippen molar-refractivity contribution in [1.29, 1.82) is 0 Å². The molecule has 3 aromatic carbocycles. The number of alkyl halides is 3. The third-order valence-electron chi connectivity index (χ3n) is 5.76. The summed E-state index contributed by atoms with van der Waals surface area (Å²) < 4.78 is 44.9. The molecule has 1 aliphatic heterocycles. The number of hydrogen-bond donors (Lipinski definition) is 2. The van der Waals surface area contributed by atoms with Gasteiger partial charge in [0, 0.05) is 11.4 Å². The number of benzene rings is 3. The number of nitrogens with one attached hydrogen (secondary N) is 2. The van der Waals surface area contributed by atoms with Crippen LogP contribution in [0, 0.1) is 0 Å². The van der Waals surface area contributed by atoms with Crippen LogP contribution in [0.2, 0.25) is 5.02 Å². The maximum atomic E-state index is 13.3. The maximum absolute atomic E-state index is 13.3. The molecular formula is C25H22ClF3N2O2. The van der Waals surface area contributed by atoms with Gasteiger partial charge in [-0.2, -0.15) is 13.2 Å². The molecule has 4 rings (SSSR count). The molecule has 0 amide bonds. The van der Waals surface area contributed by atoms with Crippen LogP contribution in [-0.2, 0) is 21.5 Å². The number of carbonyl (C=O) groups excluding carboxylic acids is 1. The third kappa shape index (κ3) is 4.90. The summed E-state index contributed by atoms with van der Waals surface area (Å²) >= 11 is 6.10. The van der Waals surface area contributed by atoms with Gasteiger partial charge in [0.05, 0.1) is 11.6 Å². The van der Waals surface area contributed by atoms with Gasteiger partial charge >= 0.3 is 12.1 Å². The summed E-state index contributed by atoms with van der Waals surface area (Å²) in [5.74, 6) is -4.13. The standard InChI is InChI=1S/C25H22ClF3N2O2/c1-23(19-12-6-3-7-13-19)21(18-10-4-2-5-11-18)30-24(31-23,33-22(32)25(27,28)29)16-17-9-8-14-20(26)15-17/h2-15,21,30-31H,16H2,1H3. The summed E-state index contributed by atoms with van der Waals surface area (Å²) in [6.07, 6.45) is -5.24. The summed E-state index contributed by atoms with van der Waals surface area (Å²) in [5.41, 5.74) is 1.34. The predicted octanol–water partition coefficient (Wildman–Crippen LogP) is 5.49. The highest BCUT2D eigenvalue weighted by molar-refractivity contribution is 6.30. The molecule has 3 atom stereocenters. The molecule has 3 aromatic rings. The molecule has 1 saturated heterocycles. The van der Waals surface area contributed by atoms with E-state index in [0.717, 1.165) is 11.1 Å². The van der Waals surface area contributed by atoms with Crippen LogP contribution in [0.3, 0.4) is 0 Å². The van der Waals surface area contributed by atoms with Crippen molar-refractivity contribution < 1.29 is 22.7 Å². The minimum absolute atomic E-state index is 0.0822. The highest BCUT2D eigenvalue weighted by Crippen LogP contribution is 2.44. The Bertz CT molecular complexity index is 1130. The molecule has 3 unspecified atom stereocenters. The smallest absolute Gasteiger partial charge is 0.423 e. The molecule has 172 valence electrons. The lowest BCUT2D eigenvalue weighted by molar-refractivity contribution is -0.219. The van der Waals surface area contributed by atoms with Crippen molar-refractivity contribution in [3.05, 3.63) is 107 Å². The Morgan fingerprint density at radius 3 is 2.24 bits per heavy atom. The highest BCUT2D eigenvalue weighted by Gasteiger charge is 2.57. The molecular weight excluding hydrogens is 453 g/mol. The first-order valence-electron chi connectivity index (χ1n) is 10.3. The van der Waals surface area contributed by atoms with Gasteiger partial charge in [0.15, 0.2) is 0 Å². The van der Waals surface area contributed by atoms with Gasteiger partial charge in [0.1, 0.15) is 0 Å². The van der Waals surface area contributed by atoms with E-state index in [2.05, 4.69) is 10.6 Å². The van der Waals surface area contributed by atoms with Crippen molar-refractivity contribution >= 4 is 17.6 Å². The van der Waals surface area contributed by atoms with E-state index >= 15 is 0 Å². The number of halogens is 4. The predicted molar refractivity (Wildman–Crippen MR) is 119 cm³/mol. The summed E-state index contributed by atoms with van der Waals surface area (Å²) in [7, 11) is 0. The van der Waals surface area contributed by atoms with Gasteiger partial charge in [-0.1, -0.05) is 84.4 Å². The largest absolute Gasteiger partial charge is 0.491 e. The Morgan fingerprint density at radius 2 is 1.64 bits per heavy atom. The van der Waals surface area contributed by atoms with Crippen LogP contribution in [0.4, 0.5) is 13.2 Å². The SMILES string of the molecule is CC1(c2ccccc2)NC(Cc2cccc(Cl)c2)(OC(=O)C(F)(F)F)NC1c1ccccc1. The normalized spacial score (nSPS) is 25.1. The van der Waals surface area contributed by atoms with Gasteiger partial charge in [0.25, 0.3) is 0 Å². The molecule has 1 heterocycles. The van der Waals surface area contributed by atoms with Crippen LogP contribution >= 0.6 is 11.6 Å². The number of ether oxygens (including phenoxy) is 1. The first-order valence-corrected chi connectivity index (χ1v) is 10.7. The van der Waals surface area contributed by atoms with E-state index < -0.39 is 29.6 Å². The van der Waals surface area contributed by atoms with E-state index in [1.165, 1.54) is 0 Å². The molecule has 1 fully saturated rings. The quantitative estimate of drug-likeness (QED) is 0.480. The van der Waals surface area contributed by atoms with E-state index in [1.54, 1.807) is 24.3 Å². The Kier molecular flexibility index (Phi) is 6.22. The Hall–Kier alpha value is -2.87. The molecule has 2 N–H and O–H groups in total. The zero-order valence-electron chi connectivity index (χ0n) is 17.7. The fourth-order valence-corrected chi connectivity index (χ4v) is 4.54. The van der Waals surface area contributed by atoms with E-state index in [0.29, 0.717) is 10.6 Å². The van der Waals surface area contributed by atoms with Crippen LogP contribution < -0.4 is 10.6 Å². The Labute approximate surface area is 194 Å². The van der Waals surface area contributed by atoms with Crippen LogP contribution in [0.1, 0.15) is 29.7 Å². The molecule has 0 saturated carbocycles. The second-order valence-corrected chi connectivity index (χ2v) is 8.64. The Balaban J connectivity index is 1.82. The first-order chi connectivity index (χ1) is 15.6. The van der Waals surface area contributed by atoms with Gasteiger partial charge < -0.3 is 4.74 Å². The summed E-state index contributed by atoms with van der Waals surface area (Å²) in [4.78, 5) is 12.0. The number of hydrogen-bond acceptors (Lipinski definition) is 4. The summed E-state index contributed by atoms with van der Waals surface area (Å²) in [6, 6.07) is 24.8. The van der Waals surface area contributed by atoms with Crippen molar-refractivity contribution in [1.82, 2.24) is 10.6 Å². The van der Waals surface area contributed by atoms with Gasteiger partial charge in [0.2, 0.25) is 5.85 Å². The molecule has 0 radical (unpaired) electrons. The van der Waals surface area contributed by atoms with Crippen molar-refractivity contribution in [2.45, 2.75) is 37.0 Å². The van der Waals surface area contributed by atoms with E-state index in [9.17, 15) is 18.0 Å². The summed E-state index contributed by atoms with van der Waals surface area (Å²) in [6.45, 7) is 1.87. The number of esters is 1. The zero-order chi connectivity index (χ0) is 23.7. The average molecular weight is 475 g/mol. The van der Waals surface area contributed by atoms with Crippen molar-refractivity contribution in [3.8, 4) is 0 Å². The minimum Gasteiger partial charge on any atom is -0.423 e. The van der Waals surface area contributed by atoms with Crippen LogP contribution in [0.15, 0.2) is 84.9 Å². The monoisotopic (exact) mass is 474 g/mol. The van der Waals surface area contributed by atoms with Gasteiger partial charge in [-0.25, -0.2) is 4.79 Å². The van der Waals surface area contributed by atoms with Crippen molar-refractivity contribution in [2.24, 2.45) is 0 Å². The second kappa shape index (κ2) is 8.82. The van der Waals surface area contributed by atoms with Gasteiger partial charge in [-0.05, 0) is 35.7 Å². The van der Waals surface area contributed by atoms with Crippen LogP contribution in [0.5, 0.6) is 0 Å². The van der Waals surface area contributed by atoms with Crippen molar-refractivity contribution in [3.63, 3.8) is 0 Å². The fraction of sp³-hybridized carbons (Fsp3) is 0.240. The molecule has 0 bridgehead atoms. The van der Waals surface area contributed by atoms with Gasteiger partial charge in [-0.15, -0.1) is 0 Å². The lowest BCUT2D eigenvalue weighted by atomic mass is 9.82.